The zero-order valence-electron chi connectivity index (χ0n) is 7.47. The van der Waals surface area contributed by atoms with Crippen molar-refractivity contribution in [1.29, 1.82) is 0 Å². The number of benzene rings is 1. The average Bonchev–Trinajstić information content (AvgIpc) is 2.07. The van der Waals surface area contributed by atoms with E-state index in [1.54, 1.807) is 0 Å². The Kier molecular flexibility index (Phi) is 3.36. The van der Waals surface area contributed by atoms with Crippen molar-refractivity contribution in [3.63, 3.8) is 0 Å². The first kappa shape index (κ1) is 9.34. The third-order valence-electron chi connectivity index (χ3n) is 1.82. The van der Waals surface area contributed by atoms with E-state index in [0.717, 1.165) is 0 Å². The van der Waals surface area contributed by atoms with Crippen molar-refractivity contribution in [3.05, 3.63) is 41.0 Å². The van der Waals surface area contributed by atoms with Gasteiger partial charge >= 0.3 is 0 Å². The monoisotopic (exact) mass is 180 g/mol. The van der Waals surface area contributed by atoms with Gasteiger partial charge in [0.1, 0.15) is 0 Å². The van der Waals surface area contributed by atoms with Crippen LogP contribution in [0.2, 0.25) is 0 Å². The molecule has 0 aliphatic heterocycles. The number of hydrogen-bond acceptors (Lipinski definition) is 0. The van der Waals surface area contributed by atoms with Crippen molar-refractivity contribution < 1.29 is 0 Å². The zero-order valence-corrected chi connectivity index (χ0v) is 8.23. The van der Waals surface area contributed by atoms with Crippen LogP contribution in [-0.4, -0.2) is 5.88 Å². The first-order valence-electron chi connectivity index (χ1n) is 4.04. The molecule has 0 aliphatic carbocycles. The van der Waals surface area contributed by atoms with Crippen molar-refractivity contribution in [2.75, 3.05) is 5.88 Å². The van der Waals surface area contributed by atoms with Gasteiger partial charge in [0.15, 0.2) is 0 Å². The van der Waals surface area contributed by atoms with E-state index in [4.69, 9.17) is 11.6 Å². The first-order valence-corrected chi connectivity index (χ1v) is 4.57. The molecule has 12 heavy (non-hydrogen) atoms. The summed E-state index contributed by atoms with van der Waals surface area (Å²) in [5, 5.41) is 0. The minimum absolute atomic E-state index is 0.577. The summed E-state index contributed by atoms with van der Waals surface area (Å²) >= 11 is 5.56. The Bertz CT molecular complexity index is 287. The molecule has 0 aliphatic rings. The van der Waals surface area contributed by atoms with Crippen LogP contribution >= 0.6 is 11.6 Å². The third-order valence-corrected chi connectivity index (χ3v) is 2.00. The molecule has 0 fully saturated rings. The largest absolute Gasteiger partial charge is 0.122 e. The van der Waals surface area contributed by atoms with Gasteiger partial charge in [-0.1, -0.05) is 35.9 Å². The number of rotatable bonds is 2. The molecule has 0 N–H and O–H groups in total. The summed E-state index contributed by atoms with van der Waals surface area (Å²) < 4.78 is 0. The van der Waals surface area contributed by atoms with Crippen molar-refractivity contribution in [2.24, 2.45) is 0 Å². The molecule has 0 radical (unpaired) electrons. The summed E-state index contributed by atoms with van der Waals surface area (Å²) in [6, 6.07) is 6.41. The Morgan fingerprint density at radius 3 is 2.75 bits per heavy atom. The predicted octanol–water partition coefficient (Wildman–Crippen LogP) is 3.56. The molecule has 0 heterocycles. The maximum absolute atomic E-state index is 5.56. The van der Waals surface area contributed by atoms with Gasteiger partial charge < -0.3 is 0 Å². The molecule has 0 saturated heterocycles. The molecule has 0 nitrogen and oxygen atoms in total. The summed E-state index contributed by atoms with van der Waals surface area (Å²) in [5.41, 5.74) is 3.84. The molecule has 1 heteroatoms. The highest BCUT2D eigenvalue weighted by Gasteiger charge is 1.92. The lowest BCUT2D eigenvalue weighted by molar-refractivity contribution is 1.37. The quantitative estimate of drug-likeness (QED) is 0.611. The molecule has 0 saturated carbocycles. The summed E-state index contributed by atoms with van der Waals surface area (Å²) in [7, 11) is 0. The average molecular weight is 181 g/mol. The van der Waals surface area contributed by atoms with Crippen molar-refractivity contribution in [2.45, 2.75) is 13.8 Å². The van der Waals surface area contributed by atoms with Gasteiger partial charge in [-0.05, 0) is 25.0 Å². The molecule has 0 aromatic heterocycles. The number of allylic oxidation sites excluding steroid dienone is 1. The van der Waals surface area contributed by atoms with E-state index in [0.29, 0.717) is 5.88 Å². The molecule has 1 aromatic rings. The van der Waals surface area contributed by atoms with Crippen LogP contribution in [-0.2, 0) is 0 Å². The van der Waals surface area contributed by atoms with Crippen LogP contribution in [0.15, 0.2) is 24.3 Å². The summed E-state index contributed by atoms with van der Waals surface area (Å²) in [5.74, 6) is 0.577. The number of halogens is 1. The fourth-order valence-electron chi connectivity index (χ4n) is 1.11. The maximum Gasteiger partial charge on any atom is 0.0407 e. The number of aryl methyl sites for hydroxylation is 2. The maximum atomic E-state index is 5.56. The fourth-order valence-corrected chi connectivity index (χ4v) is 1.20. The minimum Gasteiger partial charge on any atom is -0.122 e. The molecule has 0 bridgehead atoms. The smallest absolute Gasteiger partial charge is 0.0407 e. The Morgan fingerprint density at radius 2 is 2.08 bits per heavy atom. The molecular formula is C11H13Cl. The van der Waals surface area contributed by atoms with E-state index < -0.39 is 0 Å². The number of alkyl halides is 1. The van der Waals surface area contributed by atoms with Gasteiger partial charge in [-0.15, -0.1) is 11.6 Å². The Morgan fingerprint density at radius 1 is 1.33 bits per heavy atom. The van der Waals surface area contributed by atoms with E-state index in [-0.39, 0.29) is 0 Å². The van der Waals surface area contributed by atoms with E-state index in [1.807, 2.05) is 6.08 Å². The fraction of sp³-hybridized carbons (Fsp3) is 0.273. The summed E-state index contributed by atoms with van der Waals surface area (Å²) in [6.45, 7) is 4.20. The second-order valence-electron chi connectivity index (χ2n) is 2.92. The van der Waals surface area contributed by atoms with Crippen LogP contribution in [0.25, 0.3) is 6.08 Å². The standard InChI is InChI=1S/C11H13Cl/c1-9-5-6-10(2)11(8-9)4-3-7-12/h3-6,8H,7H2,1-2H3/b4-3+. The van der Waals surface area contributed by atoms with Gasteiger partial charge in [0.05, 0.1) is 0 Å². The van der Waals surface area contributed by atoms with Gasteiger partial charge in [0.2, 0.25) is 0 Å². The Balaban J connectivity index is 2.97. The van der Waals surface area contributed by atoms with E-state index >= 15 is 0 Å². The van der Waals surface area contributed by atoms with Crippen molar-refractivity contribution in [3.8, 4) is 0 Å². The van der Waals surface area contributed by atoms with E-state index in [1.165, 1.54) is 16.7 Å². The molecule has 0 atom stereocenters. The molecule has 1 rings (SSSR count). The van der Waals surface area contributed by atoms with Crippen LogP contribution in [0.3, 0.4) is 0 Å². The zero-order chi connectivity index (χ0) is 8.97. The molecular weight excluding hydrogens is 168 g/mol. The van der Waals surface area contributed by atoms with Crippen LogP contribution in [0.5, 0.6) is 0 Å². The topological polar surface area (TPSA) is 0 Å². The molecule has 1 aromatic carbocycles. The van der Waals surface area contributed by atoms with Gasteiger partial charge in [0, 0.05) is 5.88 Å². The predicted molar refractivity (Wildman–Crippen MR) is 55.7 cm³/mol. The van der Waals surface area contributed by atoms with E-state index in [2.05, 4.69) is 38.1 Å². The highest BCUT2D eigenvalue weighted by molar-refractivity contribution is 6.19. The van der Waals surface area contributed by atoms with Crippen molar-refractivity contribution in [1.82, 2.24) is 0 Å². The molecule has 0 unspecified atom stereocenters. The second-order valence-corrected chi connectivity index (χ2v) is 3.23. The Hall–Kier alpha value is -0.750. The van der Waals surface area contributed by atoms with Gasteiger partial charge in [-0.25, -0.2) is 0 Å². The lowest BCUT2D eigenvalue weighted by Gasteiger charge is -2.00. The van der Waals surface area contributed by atoms with Gasteiger partial charge in [-0.3, -0.25) is 0 Å². The van der Waals surface area contributed by atoms with Crippen LogP contribution in [0.4, 0.5) is 0 Å². The SMILES string of the molecule is Cc1ccc(C)c(/C=C/CCl)c1. The lowest BCUT2D eigenvalue weighted by Crippen LogP contribution is -1.81. The van der Waals surface area contributed by atoms with E-state index in [9.17, 15) is 0 Å². The lowest BCUT2D eigenvalue weighted by atomic mass is 10.1. The summed E-state index contributed by atoms with van der Waals surface area (Å²) in [6.07, 6.45) is 4.03. The highest BCUT2D eigenvalue weighted by Crippen LogP contribution is 2.12. The van der Waals surface area contributed by atoms with Gasteiger partial charge in [-0.2, -0.15) is 0 Å². The normalized spacial score (nSPS) is 10.9. The molecule has 64 valence electrons. The van der Waals surface area contributed by atoms with Gasteiger partial charge in [0.25, 0.3) is 0 Å². The molecule has 0 amide bonds. The van der Waals surface area contributed by atoms with Crippen LogP contribution in [0, 0.1) is 13.8 Å². The first-order chi connectivity index (χ1) is 5.74. The highest BCUT2D eigenvalue weighted by atomic mass is 35.5. The van der Waals surface area contributed by atoms with Crippen molar-refractivity contribution >= 4 is 17.7 Å². The minimum atomic E-state index is 0.577. The third kappa shape index (κ3) is 2.38. The second kappa shape index (κ2) is 4.32. The Labute approximate surface area is 78.9 Å². The molecule has 0 spiro atoms. The van der Waals surface area contributed by atoms with Crippen LogP contribution in [0.1, 0.15) is 16.7 Å². The number of hydrogen-bond donors (Lipinski definition) is 0. The van der Waals surface area contributed by atoms with Crippen LogP contribution < -0.4 is 0 Å². The summed E-state index contributed by atoms with van der Waals surface area (Å²) in [4.78, 5) is 0.